The van der Waals surface area contributed by atoms with Crippen LogP contribution in [0.4, 0.5) is 4.79 Å². The number of carbonyl (C=O) groups is 2. The Bertz CT molecular complexity index is 874. The molecule has 2 amide bonds. The maximum Gasteiger partial charge on any atom is 0.407 e. The standard InChI is InChI=1S/C20H22ClN3O5/c1-3-29-20(27)23-16(14-7-5-4-6-8-14)11-18(25)24-22-12-13-9-15(21)19(26)17(10-13)28-2/h4-10,12,16,26H,3,11H2,1-2H3,(H,23,27)(H,24,25)/b22-12-/t16-/m1/s1. The lowest BCUT2D eigenvalue weighted by molar-refractivity contribution is -0.121. The lowest BCUT2D eigenvalue weighted by Crippen LogP contribution is -2.33. The summed E-state index contributed by atoms with van der Waals surface area (Å²) in [5.41, 5.74) is 3.68. The molecule has 2 rings (SSSR count). The third-order valence-corrected chi connectivity index (χ3v) is 4.12. The van der Waals surface area contributed by atoms with Crippen molar-refractivity contribution in [1.82, 2.24) is 10.7 Å². The van der Waals surface area contributed by atoms with Gasteiger partial charge in [-0.3, -0.25) is 4.79 Å². The Morgan fingerprint density at radius 1 is 1.28 bits per heavy atom. The quantitative estimate of drug-likeness (QED) is 0.449. The number of benzene rings is 2. The van der Waals surface area contributed by atoms with Crippen molar-refractivity contribution in [2.24, 2.45) is 5.10 Å². The monoisotopic (exact) mass is 419 g/mol. The highest BCUT2D eigenvalue weighted by Crippen LogP contribution is 2.34. The van der Waals surface area contributed by atoms with Crippen LogP contribution in [0.15, 0.2) is 47.6 Å². The van der Waals surface area contributed by atoms with Gasteiger partial charge in [0.25, 0.3) is 0 Å². The van der Waals surface area contributed by atoms with E-state index in [0.717, 1.165) is 5.56 Å². The fourth-order valence-corrected chi connectivity index (χ4v) is 2.71. The van der Waals surface area contributed by atoms with Crippen LogP contribution in [0.3, 0.4) is 0 Å². The number of aromatic hydroxyl groups is 1. The van der Waals surface area contributed by atoms with Gasteiger partial charge in [0.15, 0.2) is 11.5 Å². The fourth-order valence-electron chi connectivity index (χ4n) is 2.49. The van der Waals surface area contributed by atoms with Crippen LogP contribution in [0.1, 0.15) is 30.5 Å². The number of nitrogens with one attached hydrogen (secondary N) is 2. The molecule has 0 aliphatic carbocycles. The highest BCUT2D eigenvalue weighted by Gasteiger charge is 2.18. The summed E-state index contributed by atoms with van der Waals surface area (Å²) in [7, 11) is 1.40. The molecule has 0 radical (unpaired) electrons. The maximum atomic E-state index is 12.3. The fraction of sp³-hybridized carbons (Fsp3) is 0.250. The predicted molar refractivity (Wildman–Crippen MR) is 109 cm³/mol. The number of hydrogen-bond donors (Lipinski definition) is 3. The zero-order valence-electron chi connectivity index (χ0n) is 16.0. The van der Waals surface area contributed by atoms with E-state index in [1.54, 1.807) is 19.1 Å². The van der Waals surface area contributed by atoms with Gasteiger partial charge in [0.1, 0.15) is 0 Å². The van der Waals surface area contributed by atoms with Crippen molar-refractivity contribution in [3.05, 3.63) is 58.6 Å². The van der Waals surface area contributed by atoms with Gasteiger partial charge < -0.3 is 19.9 Å². The maximum absolute atomic E-state index is 12.3. The van der Waals surface area contributed by atoms with Crippen LogP contribution in [-0.4, -0.2) is 37.0 Å². The summed E-state index contributed by atoms with van der Waals surface area (Å²) in [6.07, 6.45) is 0.713. The number of nitrogens with zero attached hydrogens (tertiary/aromatic N) is 1. The molecule has 1 atom stereocenters. The normalized spacial score (nSPS) is 11.7. The van der Waals surface area contributed by atoms with Gasteiger partial charge in [-0.15, -0.1) is 0 Å². The number of hydrogen-bond acceptors (Lipinski definition) is 6. The molecular weight excluding hydrogens is 398 g/mol. The summed E-state index contributed by atoms with van der Waals surface area (Å²) < 4.78 is 9.92. The number of carbonyl (C=O) groups excluding carboxylic acids is 2. The average molecular weight is 420 g/mol. The van der Waals surface area contributed by atoms with E-state index in [0.29, 0.717) is 5.56 Å². The van der Waals surface area contributed by atoms with E-state index >= 15 is 0 Å². The van der Waals surface area contributed by atoms with Crippen molar-refractivity contribution in [1.29, 1.82) is 0 Å². The summed E-state index contributed by atoms with van der Waals surface area (Å²) >= 11 is 5.92. The Morgan fingerprint density at radius 2 is 2.00 bits per heavy atom. The summed E-state index contributed by atoms with van der Waals surface area (Å²) in [5, 5.41) is 16.4. The molecule has 2 aromatic carbocycles. The van der Waals surface area contributed by atoms with Crippen molar-refractivity contribution >= 4 is 29.8 Å². The molecule has 0 unspecified atom stereocenters. The van der Waals surface area contributed by atoms with Gasteiger partial charge in [0.2, 0.25) is 5.91 Å². The van der Waals surface area contributed by atoms with E-state index in [1.165, 1.54) is 25.5 Å². The largest absolute Gasteiger partial charge is 0.503 e. The number of hydrazone groups is 1. The van der Waals surface area contributed by atoms with Crippen LogP contribution < -0.4 is 15.5 Å². The van der Waals surface area contributed by atoms with Crippen molar-refractivity contribution < 1.29 is 24.2 Å². The molecule has 0 heterocycles. The molecule has 0 fully saturated rings. The first-order chi connectivity index (χ1) is 13.9. The molecule has 2 aromatic rings. The Kier molecular flexibility index (Phi) is 8.29. The number of ether oxygens (including phenoxy) is 2. The zero-order valence-corrected chi connectivity index (χ0v) is 16.8. The number of phenols is 1. The van der Waals surface area contributed by atoms with Crippen LogP contribution in [0.5, 0.6) is 11.5 Å². The lowest BCUT2D eigenvalue weighted by Gasteiger charge is -2.18. The second-order valence-electron chi connectivity index (χ2n) is 5.88. The van der Waals surface area contributed by atoms with Gasteiger partial charge in [0, 0.05) is 0 Å². The Balaban J connectivity index is 2.03. The Hall–Kier alpha value is -3.26. The van der Waals surface area contributed by atoms with Gasteiger partial charge in [-0.1, -0.05) is 41.9 Å². The van der Waals surface area contributed by atoms with Crippen LogP contribution in [0.2, 0.25) is 5.02 Å². The molecule has 0 saturated heterocycles. The number of rotatable bonds is 8. The molecule has 29 heavy (non-hydrogen) atoms. The number of methoxy groups -OCH3 is 1. The predicted octanol–water partition coefficient (Wildman–Crippen LogP) is 3.38. The van der Waals surface area contributed by atoms with Crippen LogP contribution in [0.25, 0.3) is 0 Å². The Labute approximate surface area is 173 Å². The van der Waals surface area contributed by atoms with E-state index < -0.39 is 18.0 Å². The third kappa shape index (κ3) is 6.69. The third-order valence-electron chi connectivity index (χ3n) is 3.83. The van der Waals surface area contributed by atoms with Crippen molar-refractivity contribution in [3.63, 3.8) is 0 Å². The van der Waals surface area contributed by atoms with Crippen LogP contribution in [0, 0.1) is 0 Å². The molecule has 0 saturated carbocycles. The first kappa shape index (κ1) is 22.0. The lowest BCUT2D eigenvalue weighted by atomic mass is 10.0. The molecule has 154 valence electrons. The molecular formula is C20H22ClN3O5. The molecule has 0 spiro atoms. The zero-order chi connectivity index (χ0) is 21.2. The molecule has 0 bridgehead atoms. The van der Waals surface area contributed by atoms with Crippen molar-refractivity contribution in [3.8, 4) is 11.5 Å². The first-order valence-corrected chi connectivity index (χ1v) is 9.19. The highest BCUT2D eigenvalue weighted by atomic mass is 35.5. The number of halogens is 1. The minimum absolute atomic E-state index is 0.0418. The van der Waals surface area contributed by atoms with Gasteiger partial charge in [0.05, 0.1) is 37.4 Å². The highest BCUT2D eigenvalue weighted by molar-refractivity contribution is 6.32. The molecule has 0 aromatic heterocycles. The van der Waals surface area contributed by atoms with E-state index in [-0.39, 0.29) is 29.5 Å². The molecule has 9 heteroatoms. The number of amides is 2. The van der Waals surface area contributed by atoms with E-state index in [4.69, 9.17) is 21.1 Å². The SMILES string of the molecule is CCOC(=O)N[C@H](CC(=O)N/N=C\c1cc(Cl)c(O)c(OC)c1)c1ccccc1. The minimum atomic E-state index is -0.608. The van der Waals surface area contributed by atoms with Gasteiger partial charge in [-0.05, 0) is 30.2 Å². The molecule has 8 nitrogen and oxygen atoms in total. The minimum Gasteiger partial charge on any atom is -0.503 e. The Morgan fingerprint density at radius 3 is 2.66 bits per heavy atom. The van der Waals surface area contributed by atoms with Gasteiger partial charge in [-0.2, -0.15) is 5.10 Å². The van der Waals surface area contributed by atoms with Crippen LogP contribution >= 0.6 is 11.6 Å². The van der Waals surface area contributed by atoms with E-state index in [9.17, 15) is 14.7 Å². The van der Waals surface area contributed by atoms with Gasteiger partial charge >= 0.3 is 6.09 Å². The topological polar surface area (TPSA) is 109 Å². The second-order valence-corrected chi connectivity index (χ2v) is 6.29. The second kappa shape index (κ2) is 10.9. The summed E-state index contributed by atoms with van der Waals surface area (Å²) in [4.78, 5) is 24.1. The van der Waals surface area contributed by atoms with Crippen molar-refractivity contribution in [2.45, 2.75) is 19.4 Å². The smallest absolute Gasteiger partial charge is 0.407 e. The first-order valence-electron chi connectivity index (χ1n) is 8.81. The van der Waals surface area contributed by atoms with Crippen molar-refractivity contribution in [2.75, 3.05) is 13.7 Å². The molecule has 0 aliphatic heterocycles. The summed E-state index contributed by atoms with van der Waals surface area (Å²) in [5.74, 6) is -0.400. The summed E-state index contributed by atoms with van der Waals surface area (Å²) in [6, 6.07) is 11.5. The average Bonchev–Trinajstić information content (AvgIpc) is 2.70. The van der Waals surface area contributed by atoms with Crippen LogP contribution in [-0.2, 0) is 9.53 Å². The van der Waals surface area contributed by atoms with E-state index in [2.05, 4.69) is 15.8 Å². The molecule has 0 aliphatic rings. The number of phenolic OH excluding ortho intramolecular Hbond substituents is 1. The summed E-state index contributed by atoms with van der Waals surface area (Å²) in [6.45, 7) is 1.92. The van der Waals surface area contributed by atoms with E-state index in [1.807, 2.05) is 18.2 Å². The van der Waals surface area contributed by atoms with Gasteiger partial charge in [-0.25, -0.2) is 10.2 Å². The number of alkyl carbamates (subject to hydrolysis) is 1. The molecule has 3 N–H and O–H groups in total.